The molecule has 0 radical (unpaired) electrons. The Bertz CT molecular complexity index is 1420. The van der Waals surface area contributed by atoms with Crippen LogP contribution < -0.4 is 45.2 Å². The van der Waals surface area contributed by atoms with Crippen molar-refractivity contribution in [1.29, 1.82) is 0 Å². The van der Waals surface area contributed by atoms with Crippen molar-refractivity contribution >= 4 is 23.0 Å². The molecule has 0 fully saturated rings. The summed E-state index contributed by atoms with van der Waals surface area (Å²) in [4.78, 5) is 14.6. The summed E-state index contributed by atoms with van der Waals surface area (Å²) in [6.45, 7) is 13.6. The summed E-state index contributed by atoms with van der Waals surface area (Å²) < 4.78 is 2.49. The molecule has 0 aliphatic carbocycles. The lowest BCUT2D eigenvalue weighted by atomic mass is 9.81. The van der Waals surface area contributed by atoms with E-state index in [4.69, 9.17) is 5.73 Å². The number of para-hydroxylation sites is 2. The van der Waals surface area contributed by atoms with Gasteiger partial charge in [-0.05, 0) is 83.3 Å². The Hall–Kier alpha value is -2.75. The number of halogens is 1. The number of carbonyl (C=O) groups excluding carboxylic acids is 1. The number of amides is 1. The average Bonchev–Trinajstić information content (AvgIpc) is 3.36. The van der Waals surface area contributed by atoms with Gasteiger partial charge in [0, 0.05) is 60.9 Å². The third-order valence-corrected chi connectivity index (χ3v) is 9.42. The topological polar surface area (TPSA) is 73.4 Å². The maximum Gasteiger partial charge on any atom is 0.219 e. The fraction of sp³-hybridized carbons (Fsp3) is 0.487. The quantitative estimate of drug-likeness (QED) is 0.0999. The number of carbonyl (C=O) groups is 1. The standard InChI is InChI=1S/C39H55N5O.HI/c1-38(2)31-19-11-13-21-33(31)43(5)35(38)23-8-6-9-24-36-39(3,4)32-20-12-14-22-34(32)44(36)30-17-7-10-25-37(45)42-29-18-28-41-27-16-15-26-40;/h6,8-9,11-14,19-24,41H,7,10,15-18,25-30,40H2,1-5H3;1H. The largest absolute Gasteiger partial charge is 1.00 e. The van der Waals surface area contributed by atoms with Crippen LogP contribution >= 0.6 is 0 Å². The number of allylic oxidation sites excluding steroid dienone is 6. The van der Waals surface area contributed by atoms with Crippen molar-refractivity contribution in [3.63, 3.8) is 0 Å². The molecular formula is C39H56IN5O. The molecule has 7 heteroatoms. The second-order valence-corrected chi connectivity index (χ2v) is 13.4. The molecule has 6 nitrogen and oxygen atoms in total. The number of rotatable bonds is 17. The van der Waals surface area contributed by atoms with Gasteiger partial charge in [0.1, 0.15) is 6.54 Å². The Labute approximate surface area is 295 Å². The first-order valence-electron chi connectivity index (χ1n) is 17.0. The van der Waals surface area contributed by atoms with Crippen LogP contribution in [0, 0.1) is 0 Å². The van der Waals surface area contributed by atoms with Crippen LogP contribution in [0.2, 0.25) is 0 Å². The number of nitrogens with one attached hydrogen (secondary N) is 2. The first-order chi connectivity index (χ1) is 21.7. The van der Waals surface area contributed by atoms with E-state index < -0.39 is 0 Å². The number of unbranched alkanes of at least 4 members (excludes halogenated alkanes) is 3. The van der Waals surface area contributed by atoms with Gasteiger partial charge in [0.15, 0.2) is 5.71 Å². The zero-order valence-corrected chi connectivity index (χ0v) is 30.9. The van der Waals surface area contributed by atoms with Crippen molar-refractivity contribution in [2.24, 2.45) is 5.73 Å². The molecule has 0 bridgehead atoms. The third kappa shape index (κ3) is 9.20. The van der Waals surface area contributed by atoms with Gasteiger partial charge in [-0.25, -0.2) is 0 Å². The molecule has 2 aliphatic heterocycles. The Balaban J connectivity index is 0.00000576. The van der Waals surface area contributed by atoms with Gasteiger partial charge in [-0.3, -0.25) is 4.79 Å². The molecular weight excluding hydrogens is 681 g/mol. The highest BCUT2D eigenvalue weighted by molar-refractivity contribution is 6.03. The zero-order valence-electron chi connectivity index (χ0n) is 28.7. The second-order valence-electron chi connectivity index (χ2n) is 13.4. The number of benzene rings is 2. The first kappa shape index (κ1) is 37.7. The summed E-state index contributed by atoms with van der Waals surface area (Å²) in [5.74, 6) is 0.166. The van der Waals surface area contributed by atoms with Crippen LogP contribution in [0.5, 0.6) is 0 Å². The number of hydrogen-bond donors (Lipinski definition) is 3. The third-order valence-electron chi connectivity index (χ3n) is 9.42. The van der Waals surface area contributed by atoms with Gasteiger partial charge in [-0.2, -0.15) is 4.58 Å². The van der Waals surface area contributed by atoms with E-state index in [2.05, 4.69) is 134 Å². The maximum absolute atomic E-state index is 12.3. The highest BCUT2D eigenvalue weighted by Crippen LogP contribution is 2.46. The van der Waals surface area contributed by atoms with Crippen LogP contribution in [-0.2, 0) is 15.6 Å². The van der Waals surface area contributed by atoms with E-state index in [1.165, 1.54) is 33.9 Å². The normalized spacial score (nSPS) is 17.2. The van der Waals surface area contributed by atoms with E-state index in [0.29, 0.717) is 6.42 Å². The molecule has 2 aromatic rings. The van der Waals surface area contributed by atoms with Gasteiger partial charge in [-0.15, -0.1) is 0 Å². The van der Waals surface area contributed by atoms with E-state index in [0.717, 1.165) is 71.2 Å². The second kappa shape index (κ2) is 18.0. The van der Waals surface area contributed by atoms with Gasteiger partial charge in [0.25, 0.3) is 0 Å². The summed E-state index contributed by atoms with van der Waals surface area (Å²) in [5, 5.41) is 6.48. The van der Waals surface area contributed by atoms with Crippen LogP contribution in [0.25, 0.3) is 0 Å². The smallest absolute Gasteiger partial charge is 0.219 e. The van der Waals surface area contributed by atoms with Crippen molar-refractivity contribution in [3.05, 3.63) is 95.7 Å². The molecule has 0 unspecified atom stereocenters. The summed E-state index contributed by atoms with van der Waals surface area (Å²) in [7, 11) is 2.16. The fourth-order valence-corrected chi connectivity index (χ4v) is 6.82. The van der Waals surface area contributed by atoms with Crippen molar-refractivity contribution in [1.82, 2.24) is 10.6 Å². The first-order valence-corrected chi connectivity index (χ1v) is 17.0. The summed E-state index contributed by atoms with van der Waals surface area (Å²) in [6.07, 6.45) is 17.8. The van der Waals surface area contributed by atoms with Crippen LogP contribution in [-0.4, -0.2) is 56.0 Å². The molecule has 0 spiro atoms. The Morgan fingerprint density at radius 2 is 1.54 bits per heavy atom. The minimum atomic E-state index is -0.0755. The van der Waals surface area contributed by atoms with E-state index in [1.54, 1.807) is 0 Å². The number of hydrogen-bond acceptors (Lipinski definition) is 4. The Morgan fingerprint density at radius 1 is 0.826 bits per heavy atom. The highest BCUT2D eigenvalue weighted by Gasteiger charge is 2.43. The molecule has 46 heavy (non-hydrogen) atoms. The van der Waals surface area contributed by atoms with Crippen molar-refractivity contribution in [2.45, 2.75) is 83.5 Å². The molecule has 1 amide bonds. The summed E-state index contributed by atoms with van der Waals surface area (Å²) >= 11 is 0. The lowest BCUT2D eigenvalue weighted by Crippen LogP contribution is -3.00. The number of anilines is 1. The van der Waals surface area contributed by atoms with E-state index in [9.17, 15) is 4.79 Å². The number of nitrogens with two attached hydrogens (primary N) is 1. The summed E-state index contributed by atoms with van der Waals surface area (Å²) in [6, 6.07) is 17.5. The van der Waals surface area contributed by atoms with Crippen molar-refractivity contribution < 1.29 is 33.3 Å². The minimum absolute atomic E-state index is 0. The van der Waals surface area contributed by atoms with Crippen LogP contribution in [0.3, 0.4) is 0 Å². The van der Waals surface area contributed by atoms with Crippen LogP contribution in [0.1, 0.15) is 83.8 Å². The summed E-state index contributed by atoms with van der Waals surface area (Å²) in [5.41, 5.74) is 13.4. The van der Waals surface area contributed by atoms with Crippen LogP contribution in [0.4, 0.5) is 11.4 Å². The monoisotopic (exact) mass is 737 g/mol. The minimum Gasteiger partial charge on any atom is -1.00 e. The molecule has 250 valence electrons. The predicted molar refractivity (Wildman–Crippen MR) is 191 cm³/mol. The lowest BCUT2D eigenvalue weighted by Gasteiger charge is -2.23. The number of likely N-dealkylation sites (N-methyl/N-ethyl adjacent to an activating group) is 1. The molecule has 0 saturated carbocycles. The van der Waals surface area contributed by atoms with Crippen LogP contribution in [0.15, 0.2) is 84.6 Å². The molecule has 4 rings (SSSR count). The average molecular weight is 738 g/mol. The molecule has 2 aliphatic rings. The van der Waals surface area contributed by atoms with Crippen molar-refractivity contribution in [2.75, 3.05) is 44.7 Å². The molecule has 0 saturated heterocycles. The van der Waals surface area contributed by atoms with Gasteiger partial charge in [0.05, 0.1) is 5.41 Å². The maximum atomic E-state index is 12.3. The van der Waals surface area contributed by atoms with Gasteiger partial charge >= 0.3 is 0 Å². The van der Waals surface area contributed by atoms with E-state index >= 15 is 0 Å². The van der Waals surface area contributed by atoms with Gasteiger partial charge in [-0.1, -0.05) is 68.5 Å². The SMILES string of the molecule is CN1/C(=C/C=C/C=C/C2=[N+](CCCCCC(=O)NCCCNCCCCN)c3ccccc3C2(C)C)C(C)(C)c2ccccc21.[I-]. The highest BCUT2D eigenvalue weighted by atomic mass is 127. The van der Waals surface area contributed by atoms with Gasteiger partial charge in [0.2, 0.25) is 11.6 Å². The number of nitrogens with zero attached hydrogens (tertiary/aromatic N) is 2. The molecule has 0 atom stereocenters. The molecule has 4 N–H and O–H groups in total. The fourth-order valence-electron chi connectivity index (χ4n) is 6.82. The Morgan fingerprint density at radius 3 is 2.30 bits per heavy atom. The van der Waals surface area contributed by atoms with E-state index in [-0.39, 0.29) is 40.7 Å². The lowest BCUT2D eigenvalue weighted by molar-refractivity contribution is -0.438. The van der Waals surface area contributed by atoms with Crippen molar-refractivity contribution in [3.8, 4) is 0 Å². The predicted octanol–water partition coefficient (Wildman–Crippen LogP) is 3.89. The number of fused-ring (bicyclic) bond motifs is 2. The van der Waals surface area contributed by atoms with E-state index in [1.807, 2.05) is 0 Å². The molecule has 0 aromatic heterocycles. The zero-order chi connectivity index (χ0) is 32.3. The van der Waals surface area contributed by atoms with Gasteiger partial charge < -0.3 is 45.2 Å². The molecule has 2 aromatic carbocycles. The Kier molecular flexibility index (Phi) is 14.7. The molecule has 2 heterocycles.